The van der Waals surface area contributed by atoms with Crippen LogP contribution >= 0.6 is 11.6 Å². The lowest BCUT2D eigenvalue weighted by atomic mass is 10.1. The predicted molar refractivity (Wildman–Crippen MR) is 91.4 cm³/mol. The zero-order chi connectivity index (χ0) is 17.2. The molecule has 0 spiro atoms. The number of hydrogen-bond donors (Lipinski definition) is 0. The van der Waals surface area contributed by atoms with Crippen molar-refractivity contribution in [3.63, 3.8) is 0 Å². The minimum Gasteiger partial charge on any atom is -0.488 e. The Morgan fingerprint density at radius 3 is 2.96 bits per heavy atom. The van der Waals surface area contributed by atoms with Crippen LogP contribution in [0, 0.1) is 0 Å². The van der Waals surface area contributed by atoms with E-state index in [0.29, 0.717) is 23.0 Å². The molecule has 0 bridgehead atoms. The monoisotopic (exact) mass is 358 g/mol. The smallest absolute Gasteiger partial charge is 0.337 e. The normalized spacial score (nSPS) is 15.2. The first-order valence-electron chi connectivity index (χ1n) is 7.82. The van der Waals surface area contributed by atoms with Crippen LogP contribution in [0.2, 0.25) is 5.02 Å². The molecule has 0 saturated heterocycles. The van der Waals surface area contributed by atoms with Gasteiger partial charge in [0, 0.05) is 21.7 Å². The Morgan fingerprint density at radius 2 is 2.04 bits per heavy atom. The van der Waals surface area contributed by atoms with Gasteiger partial charge in [-0.1, -0.05) is 29.8 Å². The van der Waals surface area contributed by atoms with E-state index in [2.05, 4.69) is 0 Å². The van der Waals surface area contributed by atoms with E-state index in [1.807, 2.05) is 24.3 Å². The van der Waals surface area contributed by atoms with Crippen molar-refractivity contribution in [2.75, 3.05) is 13.4 Å². The summed E-state index contributed by atoms with van der Waals surface area (Å²) in [5.74, 6) is 1.01. The Balaban J connectivity index is 1.50. The molecule has 2 aliphatic heterocycles. The zero-order valence-electron chi connectivity index (χ0n) is 13.3. The number of hydrogen-bond acceptors (Lipinski definition) is 5. The van der Waals surface area contributed by atoms with Crippen LogP contribution in [0.25, 0.3) is 6.08 Å². The minimum atomic E-state index is -0.421. The highest BCUT2D eigenvalue weighted by Crippen LogP contribution is 2.32. The number of ether oxygens (including phenoxy) is 4. The van der Waals surface area contributed by atoms with Crippen LogP contribution in [-0.2, 0) is 27.5 Å². The Hall–Kier alpha value is -2.50. The molecular weight excluding hydrogens is 344 g/mol. The molecule has 0 atom stereocenters. The van der Waals surface area contributed by atoms with Crippen molar-refractivity contribution in [3.8, 4) is 11.5 Å². The van der Waals surface area contributed by atoms with Gasteiger partial charge in [0.05, 0.1) is 12.2 Å². The fourth-order valence-electron chi connectivity index (χ4n) is 2.83. The third-order valence-electron chi connectivity index (χ3n) is 4.00. The van der Waals surface area contributed by atoms with Crippen molar-refractivity contribution in [2.24, 2.45) is 0 Å². The molecule has 0 radical (unpaired) electrons. The fraction of sp³-hybridized carbons (Fsp3) is 0.211. The molecule has 6 heteroatoms. The summed E-state index contributed by atoms with van der Waals surface area (Å²) in [7, 11) is 0. The van der Waals surface area contributed by atoms with Gasteiger partial charge in [-0.25, -0.2) is 4.79 Å². The molecule has 4 rings (SSSR count). The maximum atomic E-state index is 12.4. The fourth-order valence-corrected chi connectivity index (χ4v) is 3.10. The van der Waals surface area contributed by atoms with Crippen molar-refractivity contribution in [2.45, 2.75) is 13.2 Å². The van der Waals surface area contributed by atoms with Gasteiger partial charge in [0.15, 0.2) is 6.79 Å². The number of halogens is 1. The Morgan fingerprint density at radius 1 is 1.16 bits per heavy atom. The van der Waals surface area contributed by atoms with E-state index in [1.54, 1.807) is 18.2 Å². The summed E-state index contributed by atoms with van der Waals surface area (Å²) in [6, 6.07) is 11.1. The van der Waals surface area contributed by atoms with Crippen molar-refractivity contribution in [1.82, 2.24) is 0 Å². The van der Waals surface area contributed by atoms with Crippen LogP contribution in [0.3, 0.4) is 0 Å². The van der Waals surface area contributed by atoms with Gasteiger partial charge in [-0.15, -0.1) is 0 Å². The number of rotatable bonds is 3. The SMILES string of the molecule is O=C(OCc1cc(Cl)cc2c1OCOC2)C1=Cc2ccccc2OC1. The van der Waals surface area contributed by atoms with Crippen LogP contribution in [0.1, 0.15) is 16.7 Å². The van der Waals surface area contributed by atoms with Gasteiger partial charge in [-0.3, -0.25) is 0 Å². The quantitative estimate of drug-likeness (QED) is 0.783. The van der Waals surface area contributed by atoms with E-state index in [-0.39, 0.29) is 20.0 Å². The van der Waals surface area contributed by atoms with Gasteiger partial charge in [0.2, 0.25) is 0 Å². The highest BCUT2D eigenvalue weighted by Gasteiger charge is 2.21. The van der Waals surface area contributed by atoms with Crippen molar-refractivity contribution in [1.29, 1.82) is 0 Å². The summed E-state index contributed by atoms with van der Waals surface area (Å²) < 4.78 is 21.8. The molecule has 0 saturated carbocycles. The van der Waals surface area contributed by atoms with Crippen LogP contribution < -0.4 is 9.47 Å². The molecule has 0 fully saturated rings. The van der Waals surface area contributed by atoms with Gasteiger partial charge < -0.3 is 18.9 Å². The molecule has 5 nitrogen and oxygen atoms in total. The third-order valence-corrected chi connectivity index (χ3v) is 4.22. The van der Waals surface area contributed by atoms with Gasteiger partial charge in [0.1, 0.15) is 24.7 Å². The molecule has 2 aromatic rings. The summed E-state index contributed by atoms with van der Waals surface area (Å²) >= 11 is 6.12. The summed E-state index contributed by atoms with van der Waals surface area (Å²) in [6.07, 6.45) is 1.79. The summed E-state index contributed by atoms with van der Waals surface area (Å²) in [5, 5.41) is 0.549. The summed E-state index contributed by atoms with van der Waals surface area (Å²) in [4.78, 5) is 12.4. The molecule has 0 unspecified atom stereocenters. The molecule has 0 aromatic heterocycles. The Bertz CT molecular complexity index is 859. The first-order chi connectivity index (χ1) is 12.2. The van der Waals surface area contributed by atoms with Gasteiger partial charge >= 0.3 is 5.97 Å². The van der Waals surface area contributed by atoms with E-state index < -0.39 is 5.97 Å². The largest absolute Gasteiger partial charge is 0.488 e. The van der Waals surface area contributed by atoms with Gasteiger partial charge in [-0.05, 0) is 24.3 Å². The molecule has 25 heavy (non-hydrogen) atoms. The summed E-state index contributed by atoms with van der Waals surface area (Å²) in [6.45, 7) is 0.854. The second-order valence-corrected chi connectivity index (χ2v) is 6.17. The molecule has 2 heterocycles. The minimum absolute atomic E-state index is 0.0702. The first kappa shape index (κ1) is 16.0. The summed E-state index contributed by atoms with van der Waals surface area (Å²) in [5.41, 5.74) is 2.90. The maximum absolute atomic E-state index is 12.4. The number of fused-ring (bicyclic) bond motifs is 2. The third kappa shape index (κ3) is 3.34. The zero-order valence-corrected chi connectivity index (χ0v) is 14.0. The molecular formula is C19H15ClO5. The van der Waals surface area contributed by atoms with Crippen molar-refractivity contribution >= 4 is 23.6 Å². The molecule has 2 aromatic carbocycles. The average molecular weight is 359 g/mol. The number of carbonyl (C=O) groups excluding carboxylic acids is 1. The topological polar surface area (TPSA) is 54.0 Å². The van der Waals surface area contributed by atoms with E-state index >= 15 is 0 Å². The number of benzene rings is 2. The van der Waals surface area contributed by atoms with Crippen LogP contribution in [0.15, 0.2) is 42.0 Å². The molecule has 0 aliphatic carbocycles. The molecule has 128 valence electrons. The van der Waals surface area contributed by atoms with E-state index in [4.69, 9.17) is 30.5 Å². The second kappa shape index (κ2) is 6.78. The van der Waals surface area contributed by atoms with Gasteiger partial charge in [-0.2, -0.15) is 0 Å². The lowest BCUT2D eigenvalue weighted by Gasteiger charge is -2.21. The van der Waals surface area contributed by atoms with Gasteiger partial charge in [0.25, 0.3) is 0 Å². The lowest BCUT2D eigenvalue weighted by molar-refractivity contribution is -0.140. The maximum Gasteiger partial charge on any atom is 0.337 e. The molecule has 2 aliphatic rings. The number of carbonyl (C=O) groups is 1. The Labute approximate surface area is 149 Å². The highest BCUT2D eigenvalue weighted by molar-refractivity contribution is 6.30. The molecule has 0 N–H and O–H groups in total. The first-order valence-corrected chi connectivity index (χ1v) is 8.20. The Kier molecular flexibility index (Phi) is 4.34. The number of para-hydroxylation sites is 1. The highest BCUT2D eigenvalue weighted by atomic mass is 35.5. The van der Waals surface area contributed by atoms with Crippen molar-refractivity contribution < 1.29 is 23.7 Å². The average Bonchev–Trinajstić information content (AvgIpc) is 2.65. The standard InChI is InChI=1S/C19H15ClO5/c20-16-6-13-8-22-11-25-18(13)14(7-16)9-24-19(21)15-5-12-3-1-2-4-17(12)23-10-15/h1-7H,8-11H2. The van der Waals surface area contributed by atoms with E-state index in [9.17, 15) is 4.79 Å². The van der Waals surface area contributed by atoms with Crippen molar-refractivity contribution in [3.05, 3.63) is 63.7 Å². The van der Waals surface area contributed by atoms with Crippen LogP contribution in [0.5, 0.6) is 11.5 Å². The lowest BCUT2D eigenvalue weighted by Crippen LogP contribution is -2.18. The van der Waals surface area contributed by atoms with E-state index in [1.165, 1.54) is 0 Å². The predicted octanol–water partition coefficient (Wildman–Crippen LogP) is 3.73. The number of esters is 1. The van der Waals surface area contributed by atoms with E-state index in [0.717, 1.165) is 22.4 Å². The molecule has 0 amide bonds. The van der Waals surface area contributed by atoms with Crippen LogP contribution in [-0.4, -0.2) is 19.4 Å². The second-order valence-electron chi connectivity index (χ2n) is 5.74. The van der Waals surface area contributed by atoms with Crippen LogP contribution in [0.4, 0.5) is 0 Å².